The van der Waals surface area contributed by atoms with E-state index in [9.17, 15) is 4.79 Å². The van der Waals surface area contributed by atoms with E-state index in [0.29, 0.717) is 12.5 Å². The highest BCUT2D eigenvalue weighted by Crippen LogP contribution is 2.10. The molecule has 1 rings (SSSR count). The number of carbonyl (C=O) groups is 1. The maximum Gasteiger partial charge on any atom is 0.328 e. The van der Waals surface area contributed by atoms with Crippen molar-refractivity contribution in [3.63, 3.8) is 0 Å². The van der Waals surface area contributed by atoms with Gasteiger partial charge in [-0.15, -0.1) is 0 Å². The summed E-state index contributed by atoms with van der Waals surface area (Å²) >= 11 is 0. The van der Waals surface area contributed by atoms with E-state index in [2.05, 4.69) is 26.8 Å². The van der Waals surface area contributed by atoms with Crippen LogP contribution < -0.4 is 0 Å². The van der Waals surface area contributed by atoms with Gasteiger partial charge in [0, 0.05) is 12.7 Å². The van der Waals surface area contributed by atoms with Crippen molar-refractivity contribution in [2.45, 2.75) is 40.0 Å². The molecule has 0 spiro atoms. The Labute approximate surface area is 134 Å². The van der Waals surface area contributed by atoms with E-state index in [1.54, 1.807) is 6.08 Å². The summed E-state index contributed by atoms with van der Waals surface area (Å²) in [6, 6.07) is 9.31. The van der Waals surface area contributed by atoms with Crippen LogP contribution in [0.25, 0.3) is 6.08 Å². The first-order valence-corrected chi connectivity index (χ1v) is 7.66. The van der Waals surface area contributed by atoms with Crippen molar-refractivity contribution < 1.29 is 15.0 Å². The minimum atomic E-state index is -0.922. The second kappa shape index (κ2) is 12.8. The predicted octanol–water partition coefficient (Wildman–Crippen LogP) is 4.54. The van der Waals surface area contributed by atoms with Gasteiger partial charge in [0.05, 0.1) is 0 Å². The van der Waals surface area contributed by atoms with Crippen molar-refractivity contribution in [1.82, 2.24) is 0 Å². The first kappa shape index (κ1) is 20.1. The third-order valence-corrected chi connectivity index (χ3v) is 3.05. The molecule has 0 aliphatic rings. The lowest BCUT2D eigenvalue weighted by Crippen LogP contribution is -1.96. The van der Waals surface area contributed by atoms with Crippen LogP contribution in [0.1, 0.15) is 45.6 Å². The van der Waals surface area contributed by atoms with Crippen molar-refractivity contribution in [1.29, 1.82) is 0 Å². The van der Waals surface area contributed by atoms with E-state index in [1.807, 2.05) is 30.3 Å². The quantitative estimate of drug-likeness (QED) is 0.574. The van der Waals surface area contributed by atoms with Crippen LogP contribution in [0.15, 0.2) is 48.1 Å². The number of hydrogen-bond donors (Lipinski definition) is 2. The second-order valence-electron chi connectivity index (χ2n) is 5.56. The Morgan fingerprint density at radius 3 is 2.32 bits per heavy atom. The van der Waals surface area contributed by atoms with E-state index < -0.39 is 5.97 Å². The van der Waals surface area contributed by atoms with Crippen molar-refractivity contribution in [2.75, 3.05) is 6.61 Å². The molecule has 0 aliphatic carbocycles. The molecule has 0 saturated carbocycles. The highest BCUT2D eigenvalue weighted by Gasteiger charge is 1.98. The van der Waals surface area contributed by atoms with Crippen molar-refractivity contribution >= 4 is 12.0 Å². The lowest BCUT2D eigenvalue weighted by molar-refractivity contribution is -0.131. The molecule has 1 aromatic carbocycles. The van der Waals surface area contributed by atoms with Gasteiger partial charge in [0.2, 0.25) is 0 Å². The molecule has 1 unspecified atom stereocenters. The highest BCUT2D eigenvalue weighted by atomic mass is 16.4. The molecule has 0 radical (unpaired) electrons. The van der Waals surface area contributed by atoms with Gasteiger partial charge in [0.25, 0.3) is 0 Å². The number of aliphatic carboxylic acids is 1. The molecule has 2 N–H and O–H groups in total. The molecule has 0 heterocycles. The molecular weight excluding hydrogens is 276 g/mol. The maximum atomic E-state index is 10.1. The third-order valence-electron chi connectivity index (χ3n) is 3.05. The lowest BCUT2D eigenvalue weighted by atomic mass is 10.0. The summed E-state index contributed by atoms with van der Waals surface area (Å²) in [4.78, 5) is 10.1. The van der Waals surface area contributed by atoms with Crippen LogP contribution in [-0.2, 0) is 4.79 Å². The number of carboxylic acids is 1. The molecule has 0 aromatic heterocycles. The third kappa shape index (κ3) is 13.1. The average Bonchev–Trinajstić information content (AvgIpc) is 2.47. The standard InChI is InChI=1S/C10H20O.C9H8O2/c1-9(2)5-4-6-10(3)7-8-11;10-9(11)7-6-8-4-2-1-3-5-8/h5,10-11H,4,6-8H2,1-3H3;1-7H,(H,10,11). The predicted molar refractivity (Wildman–Crippen MR) is 92.6 cm³/mol. The second-order valence-corrected chi connectivity index (χ2v) is 5.56. The first-order chi connectivity index (χ1) is 10.5. The van der Waals surface area contributed by atoms with Gasteiger partial charge in [-0.25, -0.2) is 4.79 Å². The molecule has 3 heteroatoms. The van der Waals surface area contributed by atoms with Gasteiger partial charge in [-0.05, 0) is 50.7 Å². The van der Waals surface area contributed by atoms with E-state index in [-0.39, 0.29) is 0 Å². The van der Waals surface area contributed by atoms with E-state index in [1.165, 1.54) is 12.0 Å². The largest absolute Gasteiger partial charge is 0.478 e. The number of carboxylic acid groups (broad SMARTS) is 1. The van der Waals surface area contributed by atoms with Gasteiger partial charge in [-0.3, -0.25) is 0 Å². The van der Waals surface area contributed by atoms with Gasteiger partial charge >= 0.3 is 5.97 Å². The molecule has 0 bridgehead atoms. The zero-order chi connectivity index (χ0) is 16.8. The minimum absolute atomic E-state index is 0.329. The highest BCUT2D eigenvalue weighted by molar-refractivity contribution is 5.85. The summed E-state index contributed by atoms with van der Waals surface area (Å²) in [7, 11) is 0. The zero-order valence-corrected chi connectivity index (χ0v) is 13.8. The lowest BCUT2D eigenvalue weighted by Gasteiger charge is -2.06. The summed E-state index contributed by atoms with van der Waals surface area (Å²) in [5.74, 6) is -0.260. The van der Waals surface area contributed by atoms with Crippen LogP contribution in [0, 0.1) is 5.92 Å². The molecule has 0 amide bonds. The zero-order valence-electron chi connectivity index (χ0n) is 13.8. The topological polar surface area (TPSA) is 57.5 Å². The molecule has 0 fully saturated rings. The Kier molecular flexibility index (Phi) is 11.7. The smallest absolute Gasteiger partial charge is 0.328 e. The van der Waals surface area contributed by atoms with Crippen LogP contribution in [-0.4, -0.2) is 22.8 Å². The monoisotopic (exact) mass is 304 g/mol. The number of benzene rings is 1. The number of aliphatic hydroxyl groups excluding tert-OH is 1. The Hall–Kier alpha value is -1.87. The van der Waals surface area contributed by atoms with Crippen molar-refractivity contribution in [3.05, 3.63) is 53.6 Å². The molecule has 0 saturated heterocycles. The normalized spacial score (nSPS) is 11.5. The minimum Gasteiger partial charge on any atom is -0.478 e. The van der Waals surface area contributed by atoms with Crippen molar-refractivity contribution in [2.24, 2.45) is 5.92 Å². The van der Waals surface area contributed by atoms with Crippen LogP contribution in [0.3, 0.4) is 0 Å². The first-order valence-electron chi connectivity index (χ1n) is 7.66. The fourth-order valence-electron chi connectivity index (χ4n) is 1.75. The van der Waals surface area contributed by atoms with E-state index in [4.69, 9.17) is 10.2 Å². The van der Waals surface area contributed by atoms with Crippen LogP contribution in [0.4, 0.5) is 0 Å². The van der Waals surface area contributed by atoms with Gasteiger partial charge in [0.1, 0.15) is 0 Å². The molecule has 0 aliphatic heterocycles. The summed E-state index contributed by atoms with van der Waals surface area (Å²) in [6.45, 7) is 6.76. The molecule has 1 aromatic rings. The molecule has 1 atom stereocenters. The van der Waals surface area contributed by atoms with Crippen LogP contribution >= 0.6 is 0 Å². The van der Waals surface area contributed by atoms with Gasteiger partial charge in [-0.1, -0.05) is 48.9 Å². The van der Waals surface area contributed by atoms with Gasteiger partial charge < -0.3 is 10.2 Å². The molecular formula is C19H28O3. The Balaban J connectivity index is 0.000000401. The Morgan fingerprint density at radius 1 is 1.18 bits per heavy atom. The number of hydrogen-bond acceptors (Lipinski definition) is 2. The fourth-order valence-corrected chi connectivity index (χ4v) is 1.75. The average molecular weight is 304 g/mol. The number of allylic oxidation sites excluding steroid dienone is 2. The maximum absolute atomic E-state index is 10.1. The van der Waals surface area contributed by atoms with Gasteiger partial charge in [0.15, 0.2) is 0 Å². The van der Waals surface area contributed by atoms with Crippen molar-refractivity contribution in [3.8, 4) is 0 Å². The number of rotatable bonds is 7. The number of aliphatic hydroxyl groups is 1. The summed E-state index contributed by atoms with van der Waals surface area (Å²) in [5, 5.41) is 16.9. The van der Waals surface area contributed by atoms with Crippen LogP contribution in [0.5, 0.6) is 0 Å². The SMILES string of the molecule is CC(C)=CCCC(C)CCO.O=C(O)C=Cc1ccccc1. The Bertz CT molecular complexity index is 457. The summed E-state index contributed by atoms with van der Waals surface area (Å²) in [6.07, 6.45) is 8.23. The summed E-state index contributed by atoms with van der Waals surface area (Å²) in [5.41, 5.74) is 2.29. The van der Waals surface area contributed by atoms with E-state index in [0.717, 1.165) is 24.5 Å². The van der Waals surface area contributed by atoms with Crippen LogP contribution in [0.2, 0.25) is 0 Å². The Morgan fingerprint density at radius 2 is 1.82 bits per heavy atom. The molecule has 3 nitrogen and oxygen atoms in total. The molecule has 22 heavy (non-hydrogen) atoms. The fraction of sp³-hybridized carbons (Fsp3) is 0.421. The molecule has 122 valence electrons. The van der Waals surface area contributed by atoms with Gasteiger partial charge in [-0.2, -0.15) is 0 Å². The van der Waals surface area contributed by atoms with E-state index >= 15 is 0 Å². The summed E-state index contributed by atoms with van der Waals surface area (Å²) < 4.78 is 0.